The Morgan fingerprint density at radius 2 is 1.60 bits per heavy atom. The minimum atomic E-state index is -3.39. The smallest absolute Gasteiger partial charge is 0.258 e. The van der Waals surface area contributed by atoms with Gasteiger partial charge in [0.25, 0.3) is 5.91 Å². The first-order valence-corrected chi connectivity index (χ1v) is 16.8. The molecule has 5 nitrogen and oxygen atoms in total. The highest BCUT2D eigenvalue weighted by Gasteiger charge is 2.33. The van der Waals surface area contributed by atoms with Crippen LogP contribution < -0.4 is 4.90 Å². The summed E-state index contributed by atoms with van der Waals surface area (Å²) in [7, 11) is -3.39. The Morgan fingerprint density at radius 3 is 2.26 bits per heavy atom. The average Bonchev–Trinajstić information content (AvgIpc) is 3.00. The third-order valence-corrected chi connectivity index (χ3v) is 10.8. The van der Waals surface area contributed by atoms with Gasteiger partial charge >= 0.3 is 0 Å². The van der Waals surface area contributed by atoms with Crippen LogP contribution in [0.15, 0.2) is 114 Å². The van der Waals surface area contributed by atoms with E-state index in [4.69, 9.17) is 0 Å². The SMILES string of the molecule is CSc1ccc(N(C(=O)c2ccccc2)C(C)c2cccc(-c3cc(C(C)(C)S(C)(=O)=O)cc4cccnc34)c2)cc1. The number of aromatic nitrogens is 1. The second-order valence-corrected chi connectivity index (χ2v) is 14.4. The van der Waals surface area contributed by atoms with Crippen molar-refractivity contribution < 1.29 is 13.2 Å². The van der Waals surface area contributed by atoms with Gasteiger partial charge in [-0.05, 0) is 104 Å². The molecule has 0 saturated heterocycles. The first-order chi connectivity index (χ1) is 20.0. The molecule has 1 unspecified atom stereocenters. The number of carbonyl (C=O) groups excluding carboxylic acids is 1. The minimum absolute atomic E-state index is 0.0885. The molecule has 42 heavy (non-hydrogen) atoms. The molecule has 214 valence electrons. The van der Waals surface area contributed by atoms with Crippen LogP contribution in [0, 0.1) is 0 Å². The van der Waals surface area contributed by atoms with Gasteiger partial charge in [-0.3, -0.25) is 9.78 Å². The van der Waals surface area contributed by atoms with Crippen molar-refractivity contribution in [1.29, 1.82) is 0 Å². The van der Waals surface area contributed by atoms with Crippen LogP contribution in [0.1, 0.15) is 48.3 Å². The van der Waals surface area contributed by atoms with Gasteiger partial charge in [0.2, 0.25) is 0 Å². The Morgan fingerprint density at radius 1 is 0.881 bits per heavy atom. The molecule has 0 spiro atoms. The molecular weight excluding hydrogens is 561 g/mol. The second-order valence-electron chi connectivity index (χ2n) is 10.9. The number of hydrogen-bond donors (Lipinski definition) is 0. The summed E-state index contributed by atoms with van der Waals surface area (Å²) in [6.45, 7) is 5.50. The highest BCUT2D eigenvalue weighted by Crippen LogP contribution is 2.38. The number of rotatable bonds is 8. The Labute approximate surface area is 252 Å². The number of amides is 1. The van der Waals surface area contributed by atoms with E-state index in [1.165, 1.54) is 6.26 Å². The van der Waals surface area contributed by atoms with Crippen molar-refractivity contribution in [3.63, 3.8) is 0 Å². The van der Waals surface area contributed by atoms with Gasteiger partial charge < -0.3 is 4.90 Å². The number of thioether (sulfide) groups is 1. The van der Waals surface area contributed by atoms with Gasteiger partial charge in [-0.2, -0.15) is 0 Å². The van der Waals surface area contributed by atoms with Gasteiger partial charge in [-0.15, -0.1) is 11.8 Å². The Balaban J connectivity index is 1.64. The maximum Gasteiger partial charge on any atom is 0.258 e. The monoisotopic (exact) mass is 594 g/mol. The zero-order valence-electron chi connectivity index (χ0n) is 24.4. The van der Waals surface area contributed by atoms with E-state index >= 15 is 0 Å². The topological polar surface area (TPSA) is 67.3 Å². The summed E-state index contributed by atoms with van der Waals surface area (Å²) in [5.74, 6) is -0.0885. The molecule has 0 aliphatic heterocycles. The lowest BCUT2D eigenvalue weighted by atomic mass is 9.92. The van der Waals surface area contributed by atoms with Crippen LogP contribution in [0.25, 0.3) is 22.0 Å². The summed E-state index contributed by atoms with van der Waals surface area (Å²) in [4.78, 5) is 21.6. The number of nitrogens with zero attached hydrogens (tertiary/aromatic N) is 2. The number of benzene rings is 4. The van der Waals surface area contributed by atoms with Gasteiger partial charge in [0.1, 0.15) is 0 Å². The molecule has 1 aromatic heterocycles. The molecule has 0 aliphatic rings. The third-order valence-electron chi connectivity index (χ3n) is 7.98. The van der Waals surface area contributed by atoms with Gasteiger partial charge in [0, 0.05) is 39.5 Å². The van der Waals surface area contributed by atoms with Crippen LogP contribution in [-0.4, -0.2) is 31.8 Å². The molecule has 4 aromatic carbocycles. The lowest BCUT2D eigenvalue weighted by Gasteiger charge is -2.30. The summed E-state index contributed by atoms with van der Waals surface area (Å²) in [5.41, 5.74) is 5.61. The van der Waals surface area contributed by atoms with Crippen LogP contribution in [0.2, 0.25) is 0 Å². The fourth-order valence-electron chi connectivity index (χ4n) is 5.07. The third kappa shape index (κ3) is 5.72. The van der Waals surface area contributed by atoms with Gasteiger partial charge in [-0.1, -0.05) is 42.5 Å². The number of hydrogen-bond acceptors (Lipinski definition) is 5. The van der Waals surface area contributed by atoms with Crippen molar-refractivity contribution in [3.8, 4) is 11.1 Å². The molecule has 0 bridgehead atoms. The van der Waals surface area contributed by atoms with E-state index < -0.39 is 14.6 Å². The predicted octanol–water partition coefficient (Wildman–Crippen LogP) is 8.31. The molecule has 0 radical (unpaired) electrons. The number of fused-ring (bicyclic) bond motifs is 1. The van der Waals surface area contributed by atoms with Crippen molar-refractivity contribution in [3.05, 3.63) is 126 Å². The first-order valence-electron chi connectivity index (χ1n) is 13.7. The van der Waals surface area contributed by atoms with Crippen molar-refractivity contribution in [1.82, 2.24) is 4.98 Å². The molecule has 1 amide bonds. The Bertz CT molecular complexity index is 1850. The van der Waals surface area contributed by atoms with E-state index in [0.717, 1.165) is 38.2 Å². The summed E-state index contributed by atoms with van der Waals surface area (Å²) in [6, 6.07) is 32.8. The molecule has 5 rings (SSSR count). The molecule has 1 atom stereocenters. The van der Waals surface area contributed by atoms with Crippen LogP contribution in [0.3, 0.4) is 0 Å². The second kappa shape index (κ2) is 11.7. The summed E-state index contributed by atoms with van der Waals surface area (Å²) >= 11 is 1.66. The van der Waals surface area contributed by atoms with Gasteiger partial charge in [-0.25, -0.2) is 8.42 Å². The highest BCUT2D eigenvalue weighted by molar-refractivity contribution is 7.98. The molecule has 1 heterocycles. The highest BCUT2D eigenvalue weighted by atomic mass is 32.2. The molecular formula is C35H34N2O3S2. The molecule has 0 saturated carbocycles. The van der Waals surface area contributed by atoms with Crippen LogP contribution in [0.5, 0.6) is 0 Å². The van der Waals surface area contributed by atoms with Crippen molar-refractivity contribution >= 4 is 44.1 Å². The molecule has 5 aromatic rings. The Kier molecular flexibility index (Phi) is 8.26. The zero-order valence-corrected chi connectivity index (χ0v) is 26.0. The van der Waals surface area contributed by atoms with Gasteiger partial charge in [0.05, 0.1) is 16.3 Å². The van der Waals surface area contributed by atoms with E-state index in [2.05, 4.69) is 11.1 Å². The maximum absolute atomic E-state index is 13.9. The van der Waals surface area contributed by atoms with Crippen LogP contribution in [0.4, 0.5) is 5.69 Å². The Hall–Kier alpha value is -3.94. The summed E-state index contributed by atoms with van der Waals surface area (Å²) in [6.07, 6.45) is 5.05. The quantitative estimate of drug-likeness (QED) is 0.169. The largest absolute Gasteiger partial charge is 0.301 e. The van der Waals surface area contributed by atoms with E-state index in [9.17, 15) is 13.2 Å². The van der Waals surface area contributed by atoms with E-state index in [1.807, 2.05) is 115 Å². The maximum atomic E-state index is 13.9. The fourth-order valence-corrected chi connectivity index (χ4v) is 6.02. The van der Waals surface area contributed by atoms with Crippen LogP contribution >= 0.6 is 11.8 Å². The van der Waals surface area contributed by atoms with E-state index in [0.29, 0.717) is 11.1 Å². The molecule has 7 heteroatoms. The lowest BCUT2D eigenvalue weighted by Crippen LogP contribution is -2.33. The standard InChI is InChI=1S/C35H34N2O3S2/c1-24(37(30-16-18-31(41-4)19-17-30)34(38)25-11-7-6-8-12-25)26-13-9-14-27(21-26)32-23-29(35(2,3)42(5,39)40)22-28-15-10-20-36-33(28)32/h6-24H,1-5H3. The summed E-state index contributed by atoms with van der Waals surface area (Å²) in [5, 5.41) is 0.870. The first kappa shape index (κ1) is 29.5. The minimum Gasteiger partial charge on any atom is -0.301 e. The van der Waals surface area contributed by atoms with Crippen molar-refractivity contribution in [2.45, 2.75) is 36.5 Å². The van der Waals surface area contributed by atoms with Crippen molar-refractivity contribution in [2.75, 3.05) is 17.4 Å². The molecule has 0 N–H and O–H groups in total. The fraction of sp³-hybridized carbons (Fsp3) is 0.200. The lowest BCUT2D eigenvalue weighted by molar-refractivity contribution is 0.0978. The number of pyridine rings is 1. The number of sulfone groups is 1. The number of carbonyl (C=O) groups is 1. The predicted molar refractivity (Wildman–Crippen MR) is 175 cm³/mol. The average molecular weight is 595 g/mol. The van der Waals surface area contributed by atoms with Crippen LogP contribution in [-0.2, 0) is 14.6 Å². The van der Waals surface area contributed by atoms with E-state index in [-0.39, 0.29) is 11.9 Å². The number of anilines is 1. The van der Waals surface area contributed by atoms with Gasteiger partial charge in [0.15, 0.2) is 9.84 Å². The zero-order chi connectivity index (χ0) is 30.1. The normalized spacial score (nSPS) is 12.7. The molecule has 0 fully saturated rings. The van der Waals surface area contributed by atoms with E-state index in [1.54, 1.807) is 31.8 Å². The van der Waals surface area contributed by atoms with Crippen molar-refractivity contribution in [2.24, 2.45) is 0 Å². The molecule has 0 aliphatic carbocycles. The summed E-state index contributed by atoms with van der Waals surface area (Å²) < 4.78 is 24.4.